The van der Waals surface area contributed by atoms with Crippen LogP contribution in [0.1, 0.15) is 34.5 Å². The maximum absolute atomic E-state index is 11.9. The molecule has 1 unspecified atom stereocenters. The smallest absolute Gasteiger partial charge is 0.184 e. The lowest BCUT2D eigenvalue weighted by Crippen LogP contribution is -2.30. The number of fused-ring (bicyclic) bond motifs is 1. The summed E-state index contributed by atoms with van der Waals surface area (Å²) in [6.45, 7) is 3.03. The Kier molecular flexibility index (Phi) is 1.09. The van der Waals surface area contributed by atoms with Gasteiger partial charge in [0.05, 0.1) is 12.1 Å². The number of aliphatic imine (C=N–C) groups is 1. The quantitative estimate of drug-likeness (QED) is 0.679. The Labute approximate surface area is 87.6 Å². The van der Waals surface area contributed by atoms with Crippen LogP contribution in [0.15, 0.2) is 11.2 Å². The maximum Gasteiger partial charge on any atom is 0.184 e. The summed E-state index contributed by atoms with van der Waals surface area (Å²) in [5, 5.41) is 0. The zero-order valence-electron chi connectivity index (χ0n) is 8.63. The van der Waals surface area contributed by atoms with Crippen LogP contribution in [0.25, 0.3) is 0 Å². The first kappa shape index (κ1) is 7.85. The molecule has 1 spiro atoms. The molecule has 0 amide bonds. The van der Waals surface area contributed by atoms with Gasteiger partial charge in [0, 0.05) is 23.9 Å². The first-order valence-corrected chi connectivity index (χ1v) is 5.49. The first-order valence-electron chi connectivity index (χ1n) is 5.49. The van der Waals surface area contributed by atoms with Crippen LogP contribution in [0.3, 0.4) is 0 Å². The van der Waals surface area contributed by atoms with Crippen molar-refractivity contribution in [2.45, 2.75) is 25.2 Å². The molecular formula is C12H12N2O. The van der Waals surface area contributed by atoms with Crippen LogP contribution in [-0.2, 0) is 5.41 Å². The minimum absolute atomic E-state index is 0.188. The van der Waals surface area contributed by atoms with Gasteiger partial charge < -0.3 is 4.98 Å². The largest absolute Gasteiger partial charge is 0.358 e. The summed E-state index contributed by atoms with van der Waals surface area (Å²) in [5.41, 5.74) is 4.70. The molecule has 1 aliphatic heterocycles. The summed E-state index contributed by atoms with van der Waals surface area (Å²) >= 11 is 0. The average molecular weight is 200 g/mol. The van der Waals surface area contributed by atoms with E-state index in [1.807, 2.05) is 6.20 Å². The van der Waals surface area contributed by atoms with E-state index in [1.54, 1.807) is 0 Å². The fourth-order valence-electron chi connectivity index (χ4n) is 3.49. The van der Waals surface area contributed by atoms with Crippen molar-refractivity contribution in [3.05, 3.63) is 23.0 Å². The number of carbonyl (C=O) groups is 1. The van der Waals surface area contributed by atoms with Gasteiger partial charge >= 0.3 is 0 Å². The second kappa shape index (κ2) is 2.08. The van der Waals surface area contributed by atoms with Gasteiger partial charge in [0.2, 0.25) is 0 Å². The summed E-state index contributed by atoms with van der Waals surface area (Å²) < 4.78 is 0. The molecule has 1 N–H and O–H groups in total. The lowest BCUT2D eigenvalue weighted by atomic mass is 9.79. The molecule has 1 aromatic heterocycles. The lowest BCUT2D eigenvalue weighted by Gasteiger charge is -2.22. The molecule has 0 saturated heterocycles. The molecule has 1 aromatic rings. The Bertz CT molecular complexity index is 526. The molecule has 4 rings (SSSR count). The van der Waals surface area contributed by atoms with Gasteiger partial charge in [0.15, 0.2) is 5.78 Å². The van der Waals surface area contributed by atoms with E-state index in [9.17, 15) is 4.79 Å². The molecule has 1 fully saturated rings. The van der Waals surface area contributed by atoms with Gasteiger partial charge in [0.1, 0.15) is 0 Å². The summed E-state index contributed by atoms with van der Waals surface area (Å²) in [4.78, 5) is 19.6. The van der Waals surface area contributed by atoms with E-state index in [-0.39, 0.29) is 11.2 Å². The van der Waals surface area contributed by atoms with Crippen molar-refractivity contribution in [2.24, 2.45) is 10.9 Å². The van der Waals surface area contributed by atoms with Crippen molar-refractivity contribution in [2.75, 3.05) is 6.54 Å². The number of H-pyrrole nitrogens is 1. The van der Waals surface area contributed by atoms with E-state index in [2.05, 4.69) is 16.9 Å². The number of ketones is 1. The molecule has 76 valence electrons. The normalized spacial score (nSPS) is 35.7. The Balaban J connectivity index is 2.06. The van der Waals surface area contributed by atoms with Crippen LogP contribution in [0.4, 0.5) is 0 Å². The molecule has 0 aromatic carbocycles. The molecule has 0 radical (unpaired) electrons. The number of hydrogen-bond acceptors (Lipinski definition) is 2. The number of carbonyl (C=O) groups excluding carboxylic acids is 1. The number of aromatic nitrogens is 1. The van der Waals surface area contributed by atoms with Crippen LogP contribution in [-0.4, -0.2) is 23.0 Å². The Hall–Kier alpha value is -1.38. The van der Waals surface area contributed by atoms with Crippen molar-refractivity contribution in [3.8, 4) is 0 Å². The van der Waals surface area contributed by atoms with Gasteiger partial charge in [-0.15, -0.1) is 0 Å². The molecule has 3 nitrogen and oxygen atoms in total. The number of Topliss-reactive ketones (excluding diaryl/α,β-unsaturated/α-hetero) is 1. The predicted molar refractivity (Wildman–Crippen MR) is 56.6 cm³/mol. The Morgan fingerprint density at radius 1 is 1.60 bits per heavy atom. The molecule has 1 saturated carbocycles. The number of aryl methyl sites for hydroxylation is 1. The van der Waals surface area contributed by atoms with Gasteiger partial charge in [-0.1, -0.05) is 0 Å². The average Bonchev–Trinajstić information content (AvgIpc) is 2.61. The standard InChI is InChI=1S/C12H12N2O/c1-6-4-14-11-8(15)2-9-12(10(6)11)3-7(12)5-13-9/h4,7,14H,2-3,5H2,1H3/t7-,12?/m1/s1. The molecule has 3 aliphatic rings. The summed E-state index contributed by atoms with van der Waals surface area (Å²) in [7, 11) is 0. The van der Waals surface area contributed by atoms with E-state index >= 15 is 0 Å². The van der Waals surface area contributed by atoms with Gasteiger partial charge in [-0.3, -0.25) is 9.79 Å². The highest BCUT2D eigenvalue weighted by Gasteiger charge is 2.65. The number of nitrogens with one attached hydrogen (secondary N) is 1. The minimum Gasteiger partial charge on any atom is -0.358 e. The van der Waals surface area contributed by atoms with Gasteiger partial charge in [-0.2, -0.15) is 0 Å². The summed E-state index contributed by atoms with van der Waals surface area (Å²) in [5.74, 6) is 0.906. The molecule has 15 heavy (non-hydrogen) atoms. The number of aromatic amines is 1. The van der Waals surface area contributed by atoms with E-state index in [0.717, 1.165) is 18.0 Å². The monoisotopic (exact) mass is 200 g/mol. The topological polar surface area (TPSA) is 45.2 Å². The highest BCUT2D eigenvalue weighted by atomic mass is 16.1. The summed E-state index contributed by atoms with van der Waals surface area (Å²) in [6, 6.07) is 0. The van der Waals surface area contributed by atoms with Crippen molar-refractivity contribution >= 4 is 11.5 Å². The van der Waals surface area contributed by atoms with Crippen molar-refractivity contribution in [3.63, 3.8) is 0 Å². The van der Waals surface area contributed by atoms with Crippen LogP contribution in [0.2, 0.25) is 0 Å². The third-order valence-corrected chi connectivity index (χ3v) is 4.25. The summed E-state index contributed by atoms with van der Waals surface area (Å²) in [6.07, 6.45) is 3.72. The fourth-order valence-corrected chi connectivity index (χ4v) is 3.49. The van der Waals surface area contributed by atoms with E-state index in [4.69, 9.17) is 0 Å². The molecule has 2 heterocycles. The van der Waals surface area contributed by atoms with Crippen LogP contribution >= 0.6 is 0 Å². The number of nitrogens with zero attached hydrogens (tertiary/aromatic N) is 1. The second-order valence-electron chi connectivity index (χ2n) is 4.98. The van der Waals surface area contributed by atoms with E-state index in [0.29, 0.717) is 12.3 Å². The minimum atomic E-state index is 0.188. The second-order valence-corrected chi connectivity index (χ2v) is 4.98. The molecular weight excluding hydrogens is 188 g/mol. The van der Waals surface area contributed by atoms with Crippen LogP contribution in [0, 0.1) is 12.8 Å². The van der Waals surface area contributed by atoms with E-state index < -0.39 is 0 Å². The Morgan fingerprint density at radius 3 is 3.27 bits per heavy atom. The van der Waals surface area contributed by atoms with Gasteiger partial charge in [-0.05, 0) is 30.4 Å². The number of rotatable bonds is 0. The maximum atomic E-state index is 11.9. The third kappa shape index (κ3) is 0.684. The zero-order chi connectivity index (χ0) is 10.2. The SMILES string of the molecule is Cc1c[nH]c2c1C13C[C@@H]1CN=C3CC2=O. The predicted octanol–water partition coefficient (Wildman–Crippen LogP) is 1.62. The fraction of sp³-hybridized carbons (Fsp3) is 0.500. The van der Waals surface area contributed by atoms with Crippen molar-refractivity contribution in [1.82, 2.24) is 4.98 Å². The highest BCUT2D eigenvalue weighted by molar-refractivity contribution is 6.19. The lowest BCUT2D eigenvalue weighted by molar-refractivity contribution is 0.0990. The number of hydrogen-bond donors (Lipinski definition) is 1. The molecule has 2 aliphatic carbocycles. The van der Waals surface area contributed by atoms with E-state index in [1.165, 1.54) is 17.5 Å². The highest BCUT2D eigenvalue weighted by Crippen LogP contribution is 2.62. The van der Waals surface area contributed by atoms with Crippen molar-refractivity contribution in [1.29, 1.82) is 0 Å². The van der Waals surface area contributed by atoms with Crippen LogP contribution in [0.5, 0.6) is 0 Å². The van der Waals surface area contributed by atoms with Crippen LogP contribution < -0.4 is 0 Å². The van der Waals surface area contributed by atoms with Gasteiger partial charge in [0.25, 0.3) is 0 Å². The molecule has 3 heteroatoms. The van der Waals surface area contributed by atoms with Crippen molar-refractivity contribution < 1.29 is 4.79 Å². The first-order chi connectivity index (χ1) is 7.23. The molecule has 0 bridgehead atoms. The van der Waals surface area contributed by atoms with Gasteiger partial charge in [-0.25, -0.2) is 0 Å². The third-order valence-electron chi connectivity index (χ3n) is 4.25. The molecule has 2 atom stereocenters. The zero-order valence-corrected chi connectivity index (χ0v) is 8.63. The Morgan fingerprint density at radius 2 is 2.47 bits per heavy atom.